The monoisotopic (exact) mass is 227 g/mol. The average Bonchev–Trinajstić information content (AvgIpc) is 2.27. The molecule has 1 fully saturated rings. The minimum absolute atomic E-state index is 0.628. The van der Waals surface area contributed by atoms with Crippen LogP contribution >= 0.6 is 0 Å². The molecule has 0 aliphatic heterocycles. The van der Waals surface area contributed by atoms with Gasteiger partial charge in [0.1, 0.15) is 5.54 Å². The number of aliphatic carboxylic acids is 1. The van der Waals surface area contributed by atoms with Gasteiger partial charge in [0.05, 0.1) is 0 Å². The fourth-order valence-electron chi connectivity index (χ4n) is 2.40. The fourth-order valence-corrected chi connectivity index (χ4v) is 2.40. The van der Waals surface area contributed by atoms with E-state index in [1.54, 1.807) is 6.92 Å². The Bertz CT molecular complexity index is 242. The molecule has 3 nitrogen and oxygen atoms in total. The lowest BCUT2D eigenvalue weighted by atomic mass is 9.80. The molecule has 0 spiro atoms. The Kier molecular flexibility index (Phi) is 4.78. The fraction of sp³-hybridized carbons (Fsp3) is 0.923. The van der Waals surface area contributed by atoms with Gasteiger partial charge in [-0.25, -0.2) is 0 Å². The van der Waals surface area contributed by atoms with E-state index >= 15 is 0 Å². The molecule has 2 N–H and O–H groups in total. The van der Waals surface area contributed by atoms with Gasteiger partial charge in [0.25, 0.3) is 0 Å². The van der Waals surface area contributed by atoms with E-state index < -0.39 is 11.5 Å². The summed E-state index contributed by atoms with van der Waals surface area (Å²) in [5.74, 6) is 0.647. The van der Waals surface area contributed by atoms with Gasteiger partial charge in [0.15, 0.2) is 0 Å². The number of hydrogen-bond acceptors (Lipinski definition) is 2. The van der Waals surface area contributed by atoms with Crippen LogP contribution in [0.25, 0.3) is 0 Å². The van der Waals surface area contributed by atoms with E-state index in [-0.39, 0.29) is 0 Å². The van der Waals surface area contributed by atoms with E-state index in [1.165, 1.54) is 25.7 Å². The molecular weight excluding hydrogens is 202 g/mol. The van der Waals surface area contributed by atoms with Crippen molar-refractivity contribution < 1.29 is 9.90 Å². The predicted molar refractivity (Wildman–Crippen MR) is 65.5 cm³/mol. The molecule has 3 unspecified atom stereocenters. The topological polar surface area (TPSA) is 49.3 Å². The van der Waals surface area contributed by atoms with Gasteiger partial charge in [0, 0.05) is 0 Å². The first-order valence-electron chi connectivity index (χ1n) is 6.48. The van der Waals surface area contributed by atoms with Gasteiger partial charge in [-0.05, 0) is 38.1 Å². The lowest BCUT2D eigenvalue weighted by molar-refractivity contribution is -0.144. The van der Waals surface area contributed by atoms with E-state index in [9.17, 15) is 4.79 Å². The second kappa shape index (κ2) is 5.67. The summed E-state index contributed by atoms with van der Waals surface area (Å²) in [6.07, 6.45) is 5.80. The average molecular weight is 227 g/mol. The Labute approximate surface area is 98.6 Å². The molecule has 0 aromatic carbocycles. The van der Waals surface area contributed by atoms with E-state index in [2.05, 4.69) is 12.2 Å². The van der Waals surface area contributed by atoms with Crippen molar-refractivity contribution in [2.45, 2.75) is 58.4 Å². The highest BCUT2D eigenvalue weighted by atomic mass is 16.4. The molecule has 0 amide bonds. The normalized spacial score (nSPS) is 29.7. The molecule has 0 saturated heterocycles. The third-order valence-corrected chi connectivity index (χ3v) is 4.22. The smallest absolute Gasteiger partial charge is 0.323 e. The highest BCUT2D eigenvalue weighted by Gasteiger charge is 2.32. The van der Waals surface area contributed by atoms with Crippen LogP contribution in [0.2, 0.25) is 0 Å². The van der Waals surface area contributed by atoms with Crippen molar-refractivity contribution in [1.82, 2.24) is 5.32 Å². The molecule has 0 aromatic rings. The van der Waals surface area contributed by atoms with Crippen LogP contribution in [-0.2, 0) is 4.79 Å². The van der Waals surface area contributed by atoms with Crippen molar-refractivity contribution in [2.75, 3.05) is 6.54 Å². The molecule has 1 aliphatic rings. The molecule has 0 aromatic heterocycles. The predicted octanol–water partition coefficient (Wildman–Crippen LogP) is 2.66. The maximum Gasteiger partial charge on any atom is 0.323 e. The second-order valence-corrected chi connectivity index (χ2v) is 5.39. The highest BCUT2D eigenvalue weighted by Crippen LogP contribution is 2.29. The number of hydrogen-bond donors (Lipinski definition) is 2. The molecule has 0 radical (unpaired) electrons. The van der Waals surface area contributed by atoms with Crippen molar-refractivity contribution in [3.8, 4) is 0 Å². The molecule has 1 aliphatic carbocycles. The van der Waals surface area contributed by atoms with Gasteiger partial charge in [-0.2, -0.15) is 0 Å². The number of nitrogens with one attached hydrogen (secondary N) is 1. The standard InChI is InChI=1S/C13H25NO2/c1-4-13(3,12(15)16)14-9-11-8-6-5-7-10(11)2/h10-11,14H,4-9H2,1-3H3,(H,15,16). The van der Waals surface area contributed by atoms with Crippen LogP contribution in [0, 0.1) is 11.8 Å². The van der Waals surface area contributed by atoms with E-state index in [0.29, 0.717) is 12.3 Å². The third-order valence-electron chi connectivity index (χ3n) is 4.22. The summed E-state index contributed by atoms with van der Waals surface area (Å²) in [6, 6.07) is 0. The van der Waals surface area contributed by atoms with Gasteiger partial charge in [0.2, 0.25) is 0 Å². The molecule has 0 heterocycles. The Hall–Kier alpha value is -0.570. The molecule has 3 atom stereocenters. The third kappa shape index (κ3) is 3.21. The minimum atomic E-state index is -0.753. The molecule has 94 valence electrons. The molecular formula is C13H25NO2. The van der Waals surface area contributed by atoms with Crippen LogP contribution in [0.5, 0.6) is 0 Å². The molecule has 3 heteroatoms. The van der Waals surface area contributed by atoms with Crippen molar-refractivity contribution >= 4 is 5.97 Å². The largest absolute Gasteiger partial charge is 0.480 e. The Morgan fingerprint density at radius 2 is 2.06 bits per heavy atom. The van der Waals surface area contributed by atoms with Gasteiger partial charge in [-0.15, -0.1) is 0 Å². The second-order valence-electron chi connectivity index (χ2n) is 5.39. The lowest BCUT2D eigenvalue weighted by Gasteiger charge is -2.33. The van der Waals surface area contributed by atoms with Crippen molar-refractivity contribution in [2.24, 2.45) is 11.8 Å². The summed E-state index contributed by atoms with van der Waals surface area (Å²) < 4.78 is 0. The molecule has 16 heavy (non-hydrogen) atoms. The number of carboxylic acid groups (broad SMARTS) is 1. The first-order valence-corrected chi connectivity index (χ1v) is 6.48. The zero-order valence-electron chi connectivity index (χ0n) is 10.8. The zero-order valence-corrected chi connectivity index (χ0v) is 10.8. The lowest BCUT2D eigenvalue weighted by Crippen LogP contribution is -2.51. The van der Waals surface area contributed by atoms with Crippen LogP contribution in [0.4, 0.5) is 0 Å². The summed E-state index contributed by atoms with van der Waals surface area (Å²) in [5.41, 5.74) is -0.753. The van der Waals surface area contributed by atoms with Gasteiger partial charge < -0.3 is 10.4 Å². The quantitative estimate of drug-likeness (QED) is 0.759. The molecule has 1 rings (SSSR count). The maximum atomic E-state index is 11.1. The Morgan fingerprint density at radius 1 is 1.44 bits per heavy atom. The summed E-state index contributed by atoms with van der Waals surface area (Å²) in [5, 5.41) is 12.4. The van der Waals surface area contributed by atoms with E-state index in [4.69, 9.17) is 5.11 Å². The highest BCUT2D eigenvalue weighted by molar-refractivity contribution is 5.78. The molecule has 0 bridgehead atoms. The number of carboxylic acids is 1. The van der Waals surface area contributed by atoms with Crippen LogP contribution in [0.3, 0.4) is 0 Å². The summed E-state index contributed by atoms with van der Waals surface area (Å²) in [6.45, 7) is 6.83. The maximum absolute atomic E-state index is 11.1. The van der Waals surface area contributed by atoms with E-state index in [1.807, 2.05) is 6.92 Å². The summed E-state index contributed by atoms with van der Waals surface area (Å²) in [4.78, 5) is 11.1. The van der Waals surface area contributed by atoms with E-state index in [0.717, 1.165) is 12.5 Å². The Morgan fingerprint density at radius 3 is 2.56 bits per heavy atom. The van der Waals surface area contributed by atoms with Crippen LogP contribution in [0.1, 0.15) is 52.9 Å². The van der Waals surface area contributed by atoms with Crippen LogP contribution < -0.4 is 5.32 Å². The minimum Gasteiger partial charge on any atom is -0.480 e. The zero-order chi connectivity index (χ0) is 12.2. The number of rotatable bonds is 5. The van der Waals surface area contributed by atoms with Crippen LogP contribution in [-0.4, -0.2) is 23.2 Å². The first kappa shape index (κ1) is 13.5. The van der Waals surface area contributed by atoms with Crippen molar-refractivity contribution in [3.05, 3.63) is 0 Å². The number of carbonyl (C=O) groups is 1. The van der Waals surface area contributed by atoms with Crippen LogP contribution in [0.15, 0.2) is 0 Å². The summed E-state index contributed by atoms with van der Waals surface area (Å²) in [7, 11) is 0. The van der Waals surface area contributed by atoms with Gasteiger partial charge >= 0.3 is 5.97 Å². The Balaban J connectivity index is 2.45. The van der Waals surface area contributed by atoms with Gasteiger partial charge in [-0.3, -0.25) is 4.79 Å². The van der Waals surface area contributed by atoms with Crippen molar-refractivity contribution in [1.29, 1.82) is 0 Å². The van der Waals surface area contributed by atoms with Gasteiger partial charge in [-0.1, -0.05) is 33.1 Å². The van der Waals surface area contributed by atoms with Crippen molar-refractivity contribution in [3.63, 3.8) is 0 Å². The summed E-state index contributed by atoms with van der Waals surface area (Å²) >= 11 is 0. The first-order chi connectivity index (χ1) is 7.49. The SMILES string of the molecule is CCC(C)(NCC1CCCCC1C)C(=O)O. The molecule has 1 saturated carbocycles.